The van der Waals surface area contributed by atoms with Crippen LogP contribution in [0.25, 0.3) is 6.08 Å². The van der Waals surface area contributed by atoms with Gasteiger partial charge in [0, 0.05) is 5.69 Å². The van der Waals surface area contributed by atoms with Crippen LogP contribution in [-0.4, -0.2) is 30.2 Å². The first-order valence-electron chi connectivity index (χ1n) is 11.0. The Hall–Kier alpha value is -2.98. The van der Waals surface area contributed by atoms with Crippen molar-refractivity contribution in [1.29, 1.82) is 0 Å². The molecule has 1 fully saturated rings. The molecule has 3 aromatic rings. The van der Waals surface area contributed by atoms with E-state index >= 15 is 0 Å². The second-order valence-corrected chi connectivity index (χ2v) is 10.2. The lowest BCUT2D eigenvalue weighted by Gasteiger charge is -2.15. The van der Waals surface area contributed by atoms with Crippen LogP contribution in [0.5, 0.6) is 11.5 Å². The van der Waals surface area contributed by atoms with Gasteiger partial charge in [0.2, 0.25) is 0 Å². The van der Waals surface area contributed by atoms with Crippen molar-refractivity contribution in [2.24, 2.45) is 4.99 Å². The summed E-state index contributed by atoms with van der Waals surface area (Å²) >= 11 is 16.7. The molecule has 4 rings (SSSR count). The van der Waals surface area contributed by atoms with Crippen LogP contribution in [0.15, 0.2) is 75.0 Å². The lowest BCUT2D eigenvalue weighted by atomic mass is 10.2. The van der Waals surface area contributed by atoms with E-state index in [2.05, 4.69) is 31.6 Å². The van der Waals surface area contributed by atoms with Crippen molar-refractivity contribution in [3.8, 4) is 11.5 Å². The summed E-state index contributed by atoms with van der Waals surface area (Å²) in [5, 5.41) is 6.71. The maximum Gasteiger partial charge on any atom is 0.264 e. The normalized spacial score (nSPS) is 15.1. The Balaban J connectivity index is 1.48. The molecular formula is C26H20BrCl2N3O4S. The molecule has 1 aliphatic heterocycles. The SMILES string of the molecule is CCOc1cc(/C=C2/SC(=Nc3ccccc3)NC2=O)cc(Br)c1OCC(=O)Nc1ccc(Cl)c(Cl)c1. The summed E-state index contributed by atoms with van der Waals surface area (Å²) in [5.41, 5.74) is 1.95. The average Bonchev–Trinajstić information content (AvgIpc) is 3.20. The van der Waals surface area contributed by atoms with Gasteiger partial charge in [-0.2, -0.15) is 0 Å². The number of amidine groups is 1. The average molecular weight is 621 g/mol. The summed E-state index contributed by atoms with van der Waals surface area (Å²) in [6, 6.07) is 17.7. The number of amides is 2. The van der Waals surface area contributed by atoms with Crippen molar-refractivity contribution in [2.45, 2.75) is 6.92 Å². The molecule has 0 radical (unpaired) electrons. The minimum absolute atomic E-state index is 0.243. The fourth-order valence-electron chi connectivity index (χ4n) is 3.23. The minimum Gasteiger partial charge on any atom is -0.490 e. The van der Waals surface area contributed by atoms with Crippen molar-refractivity contribution in [2.75, 3.05) is 18.5 Å². The number of carbonyl (C=O) groups is 2. The van der Waals surface area contributed by atoms with Gasteiger partial charge in [0.05, 0.1) is 31.7 Å². The van der Waals surface area contributed by atoms with E-state index in [0.29, 0.717) is 53.9 Å². The maximum absolute atomic E-state index is 12.5. The van der Waals surface area contributed by atoms with Crippen molar-refractivity contribution < 1.29 is 19.1 Å². The molecule has 0 bridgehead atoms. The molecule has 7 nitrogen and oxygen atoms in total. The molecule has 37 heavy (non-hydrogen) atoms. The molecular weight excluding hydrogens is 601 g/mol. The van der Waals surface area contributed by atoms with E-state index in [1.807, 2.05) is 37.3 Å². The van der Waals surface area contributed by atoms with Gasteiger partial charge in [-0.3, -0.25) is 9.59 Å². The van der Waals surface area contributed by atoms with Crippen LogP contribution in [0.2, 0.25) is 10.0 Å². The predicted molar refractivity (Wildman–Crippen MR) is 153 cm³/mol. The van der Waals surface area contributed by atoms with E-state index in [0.717, 1.165) is 5.69 Å². The topological polar surface area (TPSA) is 89.0 Å². The number of hydrogen-bond donors (Lipinski definition) is 2. The number of rotatable bonds is 8. The molecule has 0 spiro atoms. The zero-order valence-corrected chi connectivity index (χ0v) is 23.3. The number of para-hydroxylation sites is 1. The van der Waals surface area contributed by atoms with E-state index in [-0.39, 0.29) is 18.4 Å². The van der Waals surface area contributed by atoms with Crippen LogP contribution < -0.4 is 20.1 Å². The number of thioether (sulfide) groups is 1. The molecule has 2 amide bonds. The summed E-state index contributed by atoms with van der Waals surface area (Å²) in [4.78, 5) is 29.9. The third-order valence-corrected chi connectivity index (χ3v) is 7.06. The van der Waals surface area contributed by atoms with Crippen LogP contribution in [0.3, 0.4) is 0 Å². The third-order valence-electron chi connectivity index (χ3n) is 4.82. The molecule has 2 N–H and O–H groups in total. The van der Waals surface area contributed by atoms with Gasteiger partial charge in [-0.05, 0) is 88.7 Å². The molecule has 1 heterocycles. The zero-order chi connectivity index (χ0) is 26.4. The fraction of sp³-hybridized carbons (Fsp3) is 0.115. The number of anilines is 1. The minimum atomic E-state index is -0.386. The maximum atomic E-state index is 12.5. The van der Waals surface area contributed by atoms with Gasteiger partial charge in [-0.15, -0.1) is 0 Å². The van der Waals surface area contributed by atoms with Gasteiger partial charge in [-0.1, -0.05) is 41.4 Å². The summed E-state index contributed by atoms with van der Waals surface area (Å²) in [7, 11) is 0. The highest BCUT2D eigenvalue weighted by Gasteiger charge is 2.24. The van der Waals surface area contributed by atoms with Crippen molar-refractivity contribution in [3.63, 3.8) is 0 Å². The van der Waals surface area contributed by atoms with Crippen molar-refractivity contribution in [1.82, 2.24) is 5.32 Å². The Labute approximate surface area is 236 Å². The summed E-state index contributed by atoms with van der Waals surface area (Å²) in [5.74, 6) is 0.159. The van der Waals surface area contributed by atoms with Gasteiger partial charge in [0.25, 0.3) is 11.8 Å². The second-order valence-electron chi connectivity index (χ2n) is 7.55. The monoisotopic (exact) mass is 619 g/mol. The van der Waals surface area contributed by atoms with Gasteiger partial charge in [-0.25, -0.2) is 4.99 Å². The van der Waals surface area contributed by atoms with Crippen LogP contribution in [0.4, 0.5) is 11.4 Å². The van der Waals surface area contributed by atoms with Crippen LogP contribution in [0, 0.1) is 0 Å². The first-order valence-corrected chi connectivity index (χ1v) is 13.4. The Kier molecular flexibility index (Phi) is 9.15. The number of nitrogens with zero attached hydrogens (tertiary/aromatic N) is 1. The third kappa shape index (κ3) is 7.29. The number of nitrogens with one attached hydrogen (secondary N) is 2. The molecule has 1 aliphatic rings. The molecule has 190 valence electrons. The van der Waals surface area contributed by atoms with E-state index in [1.54, 1.807) is 36.4 Å². The Morgan fingerprint density at radius 3 is 2.62 bits per heavy atom. The van der Waals surface area contributed by atoms with E-state index in [9.17, 15) is 9.59 Å². The van der Waals surface area contributed by atoms with E-state index in [1.165, 1.54) is 11.8 Å². The zero-order valence-electron chi connectivity index (χ0n) is 19.4. The number of halogens is 3. The predicted octanol–water partition coefficient (Wildman–Crippen LogP) is 7.06. The highest BCUT2D eigenvalue weighted by atomic mass is 79.9. The Morgan fingerprint density at radius 2 is 1.89 bits per heavy atom. The van der Waals surface area contributed by atoms with Gasteiger partial charge in [0.1, 0.15) is 0 Å². The molecule has 0 saturated carbocycles. The lowest BCUT2D eigenvalue weighted by Crippen LogP contribution is -2.20. The van der Waals surface area contributed by atoms with Gasteiger partial charge < -0.3 is 20.1 Å². The summed E-state index contributed by atoms with van der Waals surface area (Å²) in [6.07, 6.45) is 1.74. The van der Waals surface area contributed by atoms with Gasteiger partial charge >= 0.3 is 0 Å². The quantitative estimate of drug-likeness (QED) is 0.263. The smallest absolute Gasteiger partial charge is 0.264 e. The molecule has 0 aliphatic carbocycles. The molecule has 0 atom stereocenters. The summed E-state index contributed by atoms with van der Waals surface area (Å²) < 4.78 is 12.1. The second kappa shape index (κ2) is 12.5. The Bertz CT molecular complexity index is 1400. The molecule has 11 heteroatoms. The molecule has 0 aromatic heterocycles. The highest BCUT2D eigenvalue weighted by molar-refractivity contribution is 9.10. The standard InChI is InChI=1S/C26H20BrCl2N3O4S/c1-2-35-21-11-15(12-22-25(34)32-26(37-22)31-16-6-4-3-5-7-16)10-18(27)24(21)36-14-23(33)30-17-8-9-19(28)20(29)13-17/h3-13H,2,14H2,1H3,(H,30,33)(H,31,32,34)/b22-12+. The number of aliphatic imine (C=N–C) groups is 1. The fourth-order valence-corrected chi connectivity index (χ4v) is 4.95. The highest BCUT2D eigenvalue weighted by Crippen LogP contribution is 2.38. The Morgan fingerprint density at radius 1 is 1.11 bits per heavy atom. The molecule has 1 saturated heterocycles. The van der Waals surface area contributed by atoms with Crippen molar-refractivity contribution >= 4 is 85.3 Å². The largest absolute Gasteiger partial charge is 0.490 e. The number of benzene rings is 3. The van der Waals surface area contributed by atoms with Gasteiger partial charge in [0.15, 0.2) is 23.3 Å². The van der Waals surface area contributed by atoms with E-state index in [4.69, 9.17) is 32.7 Å². The molecule has 0 unspecified atom stereocenters. The lowest BCUT2D eigenvalue weighted by molar-refractivity contribution is -0.118. The van der Waals surface area contributed by atoms with Crippen molar-refractivity contribution in [3.05, 3.63) is 85.7 Å². The van der Waals surface area contributed by atoms with E-state index < -0.39 is 0 Å². The van der Waals surface area contributed by atoms with Crippen LogP contribution in [-0.2, 0) is 9.59 Å². The number of ether oxygens (including phenoxy) is 2. The summed E-state index contributed by atoms with van der Waals surface area (Å²) in [6.45, 7) is 1.95. The van der Waals surface area contributed by atoms with Crippen LogP contribution in [0.1, 0.15) is 12.5 Å². The first-order chi connectivity index (χ1) is 17.8. The molecule has 3 aromatic carbocycles. The number of carbonyl (C=O) groups excluding carboxylic acids is 2. The van der Waals surface area contributed by atoms with Crippen LogP contribution >= 0.6 is 50.9 Å². The first kappa shape index (κ1) is 27.1. The number of hydrogen-bond acceptors (Lipinski definition) is 6.